The molecule has 1 rings (SSSR count). The fourth-order valence-corrected chi connectivity index (χ4v) is 1.24. The molecular weight excluding hydrogens is 351 g/mol. The van der Waals surface area contributed by atoms with E-state index in [1.54, 1.807) is 12.3 Å². The molecule has 0 fully saturated rings. The van der Waals surface area contributed by atoms with Gasteiger partial charge in [0.05, 0.1) is 6.54 Å². The first-order valence-corrected chi connectivity index (χ1v) is 5.74. The molecule has 6 heteroatoms. The van der Waals surface area contributed by atoms with Gasteiger partial charge in [0.25, 0.3) is 0 Å². The third-order valence-corrected chi connectivity index (χ3v) is 2.28. The van der Waals surface area contributed by atoms with E-state index in [9.17, 15) is 0 Å². The Labute approximate surface area is 124 Å². The summed E-state index contributed by atoms with van der Waals surface area (Å²) in [6.45, 7) is 3.52. The number of hydrogen-bond donors (Lipinski definition) is 2. The van der Waals surface area contributed by atoms with Crippen LogP contribution in [0.1, 0.15) is 25.3 Å². The van der Waals surface area contributed by atoms with Crippen molar-refractivity contribution in [1.82, 2.24) is 10.3 Å². The number of nitrogens with one attached hydrogen (secondary N) is 1. The van der Waals surface area contributed by atoms with Crippen LogP contribution in [-0.2, 0) is 6.54 Å². The molecule has 4 nitrogen and oxygen atoms in total. The number of halogens is 2. The molecule has 0 radical (unpaired) electrons. The zero-order valence-corrected chi connectivity index (χ0v) is 12.9. The fourth-order valence-electron chi connectivity index (χ4n) is 1.13. The van der Waals surface area contributed by atoms with E-state index in [1.807, 2.05) is 6.07 Å². The third-order valence-electron chi connectivity index (χ3n) is 2.06. The molecule has 0 saturated heterocycles. The van der Waals surface area contributed by atoms with Gasteiger partial charge < -0.3 is 11.1 Å². The average Bonchev–Trinajstić information content (AvgIpc) is 2.29. The zero-order chi connectivity index (χ0) is 11.8. The van der Waals surface area contributed by atoms with E-state index in [4.69, 9.17) is 17.3 Å². The van der Waals surface area contributed by atoms with Gasteiger partial charge in [0.2, 0.25) is 0 Å². The first kappa shape index (κ1) is 16.4. The van der Waals surface area contributed by atoms with Crippen LogP contribution in [0.2, 0.25) is 5.15 Å². The van der Waals surface area contributed by atoms with Crippen LogP contribution in [0.4, 0.5) is 0 Å². The topological polar surface area (TPSA) is 63.3 Å². The molecule has 0 aliphatic heterocycles. The van der Waals surface area contributed by atoms with Gasteiger partial charge >= 0.3 is 0 Å². The van der Waals surface area contributed by atoms with Crippen molar-refractivity contribution in [3.05, 3.63) is 29.0 Å². The summed E-state index contributed by atoms with van der Waals surface area (Å²) in [5.41, 5.74) is 6.68. The number of guanidine groups is 1. The molecule has 96 valence electrons. The van der Waals surface area contributed by atoms with Crippen LogP contribution in [0.5, 0.6) is 0 Å². The lowest BCUT2D eigenvalue weighted by molar-refractivity contribution is 0.748. The normalized spacial score (nSPS) is 10.8. The quantitative estimate of drug-likeness (QED) is 0.276. The Morgan fingerprint density at radius 3 is 2.88 bits per heavy atom. The van der Waals surface area contributed by atoms with Crippen LogP contribution < -0.4 is 11.1 Å². The molecule has 0 spiro atoms. The Kier molecular flexibility index (Phi) is 9.16. The van der Waals surface area contributed by atoms with Crippen molar-refractivity contribution in [2.45, 2.75) is 26.3 Å². The number of aromatic nitrogens is 1. The van der Waals surface area contributed by atoms with E-state index in [2.05, 4.69) is 22.2 Å². The standard InChI is InChI=1S/C11H17ClN4.HI/c1-2-3-6-14-11(13)16-8-9-4-5-10(12)15-7-9;/h4-5,7H,2-3,6,8H2,1H3,(H3,13,14,16);1H. The Balaban J connectivity index is 0.00000256. The van der Waals surface area contributed by atoms with Gasteiger partial charge in [0.15, 0.2) is 5.96 Å². The van der Waals surface area contributed by atoms with Gasteiger partial charge in [-0.15, -0.1) is 24.0 Å². The zero-order valence-electron chi connectivity index (χ0n) is 9.82. The Morgan fingerprint density at radius 1 is 1.53 bits per heavy atom. The second kappa shape index (κ2) is 9.47. The van der Waals surface area contributed by atoms with Crippen molar-refractivity contribution in [3.63, 3.8) is 0 Å². The van der Waals surface area contributed by atoms with Gasteiger partial charge in [0, 0.05) is 12.7 Å². The molecule has 0 saturated carbocycles. The van der Waals surface area contributed by atoms with Crippen molar-refractivity contribution in [1.29, 1.82) is 0 Å². The average molecular weight is 369 g/mol. The highest BCUT2D eigenvalue weighted by atomic mass is 127. The summed E-state index contributed by atoms with van der Waals surface area (Å²) in [5.74, 6) is 0.475. The lowest BCUT2D eigenvalue weighted by Crippen LogP contribution is -2.32. The molecule has 0 atom stereocenters. The van der Waals surface area contributed by atoms with E-state index in [0.717, 1.165) is 24.9 Å². The van der Waals surface area contributed by atoms with Crippen LogP contribution in [-0.4, -0.2) is 17.5 Å². The molecule has 0 aliphatic rings. The minimum atomic E-state index is 0. The Bertz CT molecular complexity index is 340. The number of pyridine rings is 1. The van der Waals surface area contributed by atoms with Gasteiger partial charge in [-0.25, -0.2) is 9.98 Å². The smallest absolute Gasteiger partial charge is 0.188 e. The van der Waals surface area contributed by atoms with E-state index in [1.165, 1.54) is 0 Å². The number of rotatable bonds is 5. The molecule has 0 bridgehead atoms. The van der Waals surface area contributed by atoms with E-state index < -0.39 is 0 Å². The summed E-state index contributed by atoms with van der Waals surface area (Å²) in [5, 5.41) is 3.53. The van der Waals surface area contributed by atoms with E-state index >= 15 is 0 Å². The summed E-state index contributed by atoms with van der Waals surface area (Å²) in [6.07, 6.45) is 3.94. The fraction of sp³-hybridized carbons (Fsp3) is 0.455. The van der Waals surface area contributed by atoms with Crippen molar-refractivity contribution < 1.29 is 0 Å². The SMILES string of the molecule is CCCCNC(N)=NCc1ccc(Cl)nc1.I. The monoisotopic (exact) mass is 368 g/mol. The number of aliphatic imine (C=N–C) groups is 1. The minimum Gasteiger partial charge on any atom is -0.370 e. The lowest BCUT2D eigenvalue weighted by Gasteiger charge is -2.04. The second-order valence-electron chi connectivity index (χ2n) is 3.47. The van der Waals surface area contributed by atoms with E-state index in [0.29, 0.717) is 17.7 Å². The van der Waals surface area contributed by atoms with Crippen molar-refractivity contribution >= 4 is 41.5 Å². The second-order valence-corrected chi connectivity index (χ2v) is 3.86. The van der Waals surface area contributed by atoms with Crippen LogP contribution in [0.25, 0.3) is 0 Å². The Morgan fingerprint density at radius 2 is 2.29 bits per heavy atom. The molecule has 0 aliphatic carbocycles. The van der Waals surface area contributed by atoms with Gasteiger partial charge in [-0.05, 0) is 18.1 Å². The van der Waals surface area contributed by atoms with Gasteiger partial charge in [-0.1, -0.05) is 31.0 Å². The maximum atomic E-state index is 5.68. The summed E-state index contributed by atoms with van der Waals surface area (Å²) in [4.78, 5) is 8.16. The highest BCUT2D eigenvalue weighted by molar-refractivity contribution is 14.0. The number of nitrogens with two attached hydrogens (primary N) is 1. The summed E-state index contributed by atoms with van der Waals surface area (Å²) in [7, 11) is 0. The highest BCUT2D eigenvalue weighted by Crippen LogP contribution is 2.05. The van der Waals surface area contributed by atoms with Crippen LogP contribution >= 0.6 is 35.6 Å². The predicted octanol–water partition coefficient (Wildman–Crippen LogP) is 2.56. The molecule has 17 heavy (non-hydrogen) atoms. The Hall–Kier alpha value is -0.560. The van der Waals surface area contributed by atoms with Crippen molar-refractivity contribution in [3.8, 4) is 0 Å². The van der Waals surface area contributed by atoms with Crippen molar-refractivity contribution in [2.24, 2.45) is 10.7 Å². The first-order chi connectivity index (χ1) is 7.72. The largest absolute Gasteiger partial charge is 0.370 e. The number of unbranched alkanes of at least 4 members (excludes halogenated alkanes) is 1. The summed E-state index contributed by atoms with van der Waals surface area (Å²) < 4.78 is 0. The van der Waals surface area contributed by atoms with Crippen molar-refractivity contribution in [2.75, 3.05) is 6.54 Å². The number of hydrogen-bond acceptors (Lipinski definition) is 2. The van der Waals surface area contributed by atoms with Gasteiger partial charge in [-0.2, -0.15) is 0 Å². The maximum Gasteiger partial charge on any atom is 0.188 e. The molecule has 3 N–H and O–H groups in total. The maximum absolute atomic E-state index is 5.68. The first-order valence-electron chi connectivity index (χ1n) is 5.36. The van der Waals surface area contributed by atoms with Gasteiger partial charge in [-0.3, -0.25) is 0 Å². The third kappa shape index (κ3) is 7.38. The molecule has 0 amide bonds. The van der Waals surface area contributed by atoms with Crippen LogP contribution in [0, 0.1) is 0 Å². The van der Waals surface area contributed by atoms with Crippen LogP contribution in [0.15, 0.2) is 23.3 Å². The molecule has 0 aromatic carbocycles. The lowest BCUT2D eigenvalue weighted by atomic mass is 10.3. The highest BCUT2D eigenvalue weighted by Gasteiger charge is 1.94. The predicted molar refractivity (Wildman–Crippen MR) is 82.9 cm³/mol. The van der Waals surface area contributed by atoms with E-state index in [-0.39, 0.29) is 24.0 Å². The molecular formula is C11H18ClIN4. The molecule has 1 aromatic heterocycles. The summed E-state index contributed by atoms with van der Waals surface area (Å²) >= 11 is 5.67. The molecule has 0 unspecified atom stereocenters. The van der Waals surface area contributed by atoms with Gasteiger partial charge in [0.1, 0.15) is 5.15 Å². The minimum absolute atomic E-state index is 0. The molecule has 1 heterocycles. The van der Waals surface area contributed by atoms with Crippen LogP contribution in [0.3, 0.4) is 0 Å². The number of nitrogens with zero attached hydrogens (tertiary/aromatic N) is 2. The summed E-state index contributed by atoms with van der Waals surface area (Å²) in [6, 6.07) is 3.63. The molecule has 1 aromatic rings.